The maximum Gasteiger partial charge on any atom is 0.336 e. The van der Waals surface area contributed by atoms with Gasteiger partial charge in [-0.3, -0.25) is 0 Å². The van der Waals surface area contributed by atoms with E-state index in [0.717, 1.165) is 112 Å². The van der Waals surface area contributed by atoms with Crippen LogP contribution < -0.4 is 0 Å². The molecule has 80 heavy (non-hydrogen) atoms. The number of carboxylic acids is 4. The Bertz CT molecular complexity index is 4100. The van der Waals surface area contributed by atoms with Gasteiger partial charge in [0, 0.05) is 11.8 Å². The number of allylic oxidation sites excluding steroid dienone is 4. The van der Waals surface area contributed by atoms with Crippen LogP contribution in [0.15, 0.2) is 109 Å². The summed E-state index contributed by atoms with van der Waals surface area (Å²) in [5.41, 5.74) is 16.7. The van der Waals surface area contributed by atoms with Crippen molar-refractivity contribution in [2.45, 2.75) is 120 Å². The Balaban J connectivity index is 0.000000195. The molecule has 2 aliphatic rings. The van der Waals surface area contributed by atoms with Crippen LogP contribution in [0.5, 0.6) is 0 Å². The quantitative estimate of drug-likeness (QED) is 0.118. The molecule has 408 valence electrons. The van der Waals surface area contributed by atoms with Crippen molar-refractivity contribution in [1.29, 1.82) is 0 Å². The minimum Gasteiger partial charge on any atom is -0.478 e. The maximum absolute atomic E-state index is 14.7. The summed E-state index contributed by atoms with van der Waals surface area (Å²) in [6.45, 7) is 28.6. The number of benzene rings is 8. The van der Waals surface area contributed by atoms with Gasteiger partial charge in [-0.15, -0.1) is 0 Å². The average molecular weight is 1070 g/mol. The fourth-order valence-electron chi connectivity index (χ4n) is 13.0. The molecule has 8 nitrogen and oxygen atoms in total. The summed E-state index contributed by atoms with van der Waals surface area (Å²) in [5, 5.41) is 44.7. The molecule has 8 aromatic carbocycles. The van der Waals surface area contributed by atoms with Crippen LogP contribution in [0.25, 0.3) is 43.8 Å². The predicted octanol–water partition coefficient (Wildman–Crippen LogP) is 17.3. The van der Waals surface area contributed by atoms with Crippen molar-refractivity contribution >= 4 is 67.7 Å². The van der Waals surface area contributed by atoms with E-state index in [9.17, 15) is 48.4 Å². The second kappa shape index (κ2) is 20.3. The molecular weight excluding hydrogens is 1010 g/mol. The van der Waals surface area contributed by atoms with Crippen molar-refractivity contribution < 1.29 is 48.4 Å². The van der Waals surface area contributed by atoms with Crippen molar-refractivity contribution in [3.63, 3.8) is 0 Å². The minimum absolute atomic E-state index is 0.0648. The van der Waals surface area contributed by atoms with E-state index in [1.54, 1.807) is 0 Å². The Morgan fingerprint density at radius 2 is 0.875 bits per heavy atom. The van der Waals surface area contributed by atoms with E-state index in [1.807, 2.05) is 65.0 Å². The molecule has 10 heteroatoms. The van der Waals surface area contributed by atoms with Gasteiger partial charge < -0.3 is 20.4 Å². The third-order valence-corrected chi connectivity index (χ3v) is 16.6. The van der Waals surface area contributed by atoms with Gasteiger partial charge in [0.1, 0.15) is 11.6 Å². The summed E-state index contributed by atoms with van der Waals surface area (Å²) in [5.74, 6) is -6.75. The van der Waals surface area contributed by atoms with E-state index in [1.165, 1.54) is 29.1 Å². The number of carbonyl (C=O) groups is 4. The molecule has 8 aromatic rings. The van der Waals surface area contributed by atoms with Crippen LogP contribution in [0.3, 0.4) is 0 Å². The van der Waals surface area contributed by atoms with Crippen molar-refractivity contribution in [3.8, 4) is 0 Å². The molecule has 2 atom stereocenters. The minimum atomic E-state index is -1.25. The molecule has 0 saturated carbocycles. The molecule has 0 saturated heterocycles. The monoisotopic (exact) mass is 1070 g/mol. The molecule has 0 heterocycles. The van der Waals surface area contributed by atoms with Gasteiger partial charge in [-0.2, -0.15) is 0 Å². The fourth-order valence-corrected chi connectivity index (χ4v) is 13.0. The summed E-state index contributed by atoms with van der Waals surface area (Å²) in [7, 11) is 0. The van der Waals surface area contributed by atoms with Gasteiger partial charge in [-0.25, -0.2) is 28.0 Å². The predicted molar refractivity (Wildman–Crippen MR) is 316 cm³/mol. The lowest BCUT2D eigenvalue weighted by molar-refractivity contribution is 0.0684. The summed E-state index contributed by atoms with van der Waals surface area (Å²) in [6.07, 6.45) is 0. The first-order chi connectivity index (χ1) is 37.4. The molecule has 0 bridgehead atoms. The van der Waals surface area contributed by atoms with Crippen LogP contribution in [0, 0.1) is 53.2 Å². The summed E-state index contributed by atoms with van der Waals surface area (Å²) in [4.78, 5) is 49.6. The molecule has 10 rings (SSSR count). The zero-order valence-corrected chi connectivity index (χ0v) is 47.7. The third kappa shape index (κ3) is 9.48. The SMILES string of the molecule is CC1=C(c2c(C)cc(C)c(C(=O)O)c2C)C(c2c(C)cc(C)c(C(=O)O)c2C)c2cccc3cc(C(C)(C)C)cc1c23.CC1=C(c2cc(F)ccc2C(=O)O)C(c2cc(F)ccc2C(=O)O)c2cccc3cc(C(C)(C)C)cc1c23. The van der Waals surface area contributed by atoms with Crippen LogP contribution in [0.4, 0.5) is 8.78 Å². The molecule has 2 unspecified atom stereocenters. The average Bonchev–Trinajstić information content (AvgIpc) is 3.55. The molecule has 2 aliphatic carbocycles. The number of halogens is 2. The van der Waals surface area contributed by atoms with Crippen molar-refractivity contribution in [2.24, 2.45) is 0 Å². The number of hydrogen-bond donors (Lipinski definition) is 4. The fraction of sp³-hybridized carbons (Fsp3) is 0.257. The van der Waals surface area contributed by atoms with Gasteiger partial charge in [0.15, 0.2) is 0 Å². The smallest absolute Gasteiger partial charge is 0.336 e. The van der Waals surface area contributed by atoms with Crippen molar-refractivity contribution in [2.75, 3.05) is 0 Å². The Labute approximate surface area is 465 Å². The molecule has 0 aromatic heterocycles. The molecular formula is C70H66F2O8. The van der Waals surface area contributed by atoms with Gasteiger partial charge in [0.05, 0.1) is 22.3 Å². The number of rotatable bonds is 8. The topological polar surface area (TPSA) is 149 Å². The van der Waals surface area contributed by atoms with Crippen LogP contribution in [0.2, 0.25) is 0 Å². The molecule has 0 radical (unpaired) electrons. The van der Waals surface area contributed by atoms with Crippen LogP contribution >= 0.6 is 0 Å². The second-order valence-corrected chi connectivity index (χ2v) is 23.8. The highest BCUT2D eigenvalue weighted by Crippen LogP contribution is 2.55. The van der Waals surface area contributed by atoms with Crippen LogP contribution in [-0.2, 0) is 10.8 Å². The van der Waals surface area contributed by atoms with E-state index >= 15 is 0 Å². The highest BCUT2D eigenvalue weighted by atomic mass is 19.1. The lowest BCUT2D eigenvalue weighted by Crippen LogP contribution is -2.19. The van der Waals surface area contributed by atoms with E-state index in [2.05, 4.69) is 105 Å². The van der Waals surface area contributed by atoms with Gasteiger partial charge in [-0.1, -0.05) is 114 Å². The van der Waals surface area contributed by atoms with Gasteiger partial charge in [0.2, 0.25) is 0 Å². The number of hydrogen-bond acceptors (Lipinski definition) is 4. The zero-order valence-electron chi connectivity index (χ0n) is 47.7. The second-order valence-electron chi connectivity index (χ2n) is 23.8. The Kier molecular flexibility index (Phi) is 14.3. The Hall–Kier alpha value is -8.50. The molecule has 0 fully saturated rings. The highest BCUT2D eigenvalue weighted by molar-refractivity contribution is 6.13. The van der Waals surface area contributed by atoms with Crippen LogP contribution in [-0.4, -0.2) is 44.3 Å². The van der Waals surface area contributed by atoms with Gasteiger partial charge in [-0.05, 0) is 235 Å². The first-order valence-corrected chi connectivity index (χ1v) is 26.7. The maximum atomic E-state index is 14.7. The lowest BCUT2D eigenvalue weighted by atomic mass is 9.67. The van der Waals surface area contributed by atoms with E-state index in [0.29, 0.717) is 27.8 Å². The summed E-state index contributed by atoms with van der Waals surface area (Å²) >= 11 is 0. The Morgan fingerprint density at radius 3 is 1.36 bits per heavy atom. The molecule has 0 aliphatic heterocycles. The van der Waals surface area contributed by atoms with E-state index in [4.69, 9.17) is 0 Å². The largest absolute Gasteiger partial charge is 0.478 e. The number of aryl methyl sites for hydroxylation is 4. The summed E-state index contributed by atoms with van der Waals surface area (Å²) < 4.78 is 29.3. The molecule has 0 spiro atoms. The normalized spacial score (nSPS) is 15.1. The molecule has 0 amide bonds. The first kappa shape index (κ1) is 56.2. The van der Waals surface area contributed by atoms with Crippen molar-refractivity contribution in [1.82, 2.24) is 0 Å². The third-order valence-electron chi connectivity index (χ3n) is 16.6. The lowest BCUT2D eigenvalue weighted by Gasteiger charge is -2.36. The Morgan fingerprint density at radius 1 is 0.425 bits per heavy atom. The number of carboxylic acid groups (broad SMARTS) is 4. The van der Waals surface area contributed by atoms with E-state index in [-0.39, 0.29) is 39.0 Å². The highest BCUT2D eigenvalue weighted by Gasteiger charge is 2.38. The zero-order chi connectivity index (χ0) is 58.5. The summed E-state index contributed by atoms with van der Waals surface area (Å²) in [6, 6.07) is 31.7. The van der Waals surface area contributed by atoms with Crippen LogP contribution in [0.1, 0.15) is 198 Å². The van der Waals surface area contributed by atoms with Crippen molar-refractivity contribution in [3.05, 3.63) is 232 Å². The number of aromatic carboxylic acids is 4. The van der Waals surface area contributed by atoms with Gasteiger partial charge in [0.25, 0.3) is 0 Å². The van der Waals surface area contributed by atoms with E-state index < -0.39 is 41.4 Å². The first-order valence-electron chi connectivity index (χ1n) is 26.7. The molecule has 4 N–H and O–H groups in total. The van der Waals surface area contributed by atoms with Gasteiger partial charge >= 0.3 is 23.9 Å². The standard InChI is InChI=1S/C38H40O4.C32H26F2O4/c1-18-14-20(3)31(36(39)40)23(6)29(18)33-22(5)28-17-26(38(8,9)10)16-25-12-11-13-27(34(25)28)35(33)30-19(2)15-21(4)32(24(30)7)37(41)42;1-16-24-13-18(32(2,3)4)12-17-6-5-7-23(28(17)24)29(26-15-20(34)9-11-22(26)31(37)38)27(16)25-14-19(33)8-10-21(25)30(35)36/h11-17,35H,1-10H3,(H,39,40)(H,41,42);5-15,29H,1-4H3,(H,35,36)(H,37,38).